The molecule has 0 aliphatic carbocycles. The second-order valence-electron chi connectivity index (χ2n) is 7.90. The molecule has 0 unspecified atom stereocenters. The van der Waals surface area contributed by atoms with Crippen LogP contribution in [-0.4, -0.2) is 37.9 Å². The number of hydrogen-bond donors (Lipinski definition) is 2. The van der Waals surface area contributed by atoms with Gasteiger partial charge >= 0.3 is 12.1 Å². The van der Waals surface area contributed by atoms with Crippen molar-refractivity contribution in [2.45, 2.75) is 31.6 Å². The zero-order valence-electron chi connectivity index (χ0n) is 16.4. The van der Waals surface area contributed by atoms with Crippen LogP contribution >= 0.6 is 0 Å². The van der Waals surface area contributed by atoms with Gasteiger partial charge in [0, 0.05) is 5.41 Å². The van der Waals surface area contributed by atoms with Crippen molar-refractivity contribution in [1.29, 1.82) is 0 Å². The van der Waals surface area contributed by atoms with E-state index in [0.29, 0.717) is 19.8 Å². The van der Waals surface area contributed by atoms with E-state index in [4.69, 9.17) is 24.7 Å². The van der Waals surface area contributed by atoms with E-state index in [0.717, 1.165) is 11.1 Å². The van der Waals surface area contributed by atoms with Gasteiger partial charge in [-0.15, -0.1) is 0 Å². The minimum absolute atomic E-state index is 0.146. The zero-order valence-corrected chi connectivity index (χ0v) is 16.4. The molecule has 3 aliphatic rings. The summed E-state index contributed by atoms with van der Waals surface area (Å²) in [6.45, 7) is 3.57. The highest BCUT2D eigenvalue weighted by Crippen LogP contribution is 2.42. The van der Waals surface area contributed by atoms with E-state index in [2.05, 4.69) is 5.32 Å². The van der Waals surface area contributed by atoms with Gasteiger partial charge in [0.2, 0.25) is 0 Å². The lowest BCUT2D eigenvalue weighted by Gasteiger charge is -2.53. The predicted molar refractivity (Wildman–Crippen MR) is 106 cm³/mol. The minimum Gasteiger partial charge on any atom is -0.445 e. The summed E-state index contributed by atoms with van der Waals surface area (Å²) in [4.78, 5) is 12.6. The Hall–Kier alpha value is -2.45. The summed E-state index contributed by atoms with van der Waals surface area (Å²) in [5, 5.41) is 2.82. The molecule has 7 nitrogen and oxygen atoms in total. The van der Waals surface area contributed by atoms with Crippen molar-refractivity contribution < 1.29 is 23.7 Å². The second-order valence-corrected chi connectivity index (χ2v) is 7.90. The maximum Gasteiger partial charge on any atom is 0.408 e. The van der Waals surface area contributed by atoms with Crippen LogP contribution in [0.3, 0.4) is 0 Å². The van der Waals surface area contributed by atoms with Crippen molar-refractivity contribution in [3.8, 4) is 0 Å². The number of amides is 1. The molecule has 0 saturated carbocycles. The molecule has 3 fully saturated rings. The van der Waals surface area contributed by atoms with Gasteiger partial charge in [-0.1, -0.05) is 67.6 Å². The lowest BCUT2D eigenvalue weighted by molar-refractivity contribution is -0.475. The van der Waals surface area contributed by atoms with Crippen LogP contribution in [0.4, 0.5) is 4.79 Å². The fourth-order valence-electron chi connectivity index (χ4n) is 3.50. The third-order valence-corrected chi connectivity index (χ3v) is 5.28. The first kappa shape index (κ1) is 19.8. The van der Waals surface area contributed by atoms with Gasteiger partial charge in [-0.3, -0.25) is 0 Å². The van der Waals surface area contributed by atoms with Crippen LogP contribution in [0.2, 0.25) is 0 Å². The fourth-order valence-corrected chi connectivity index (χ4v) is 3.50. The van der Waals surface area contributed by atoms with Crippen LogP contribution < -0.4 is 11.1 Å². The summed E-state index contributed by atoms with van der Waals surface area (Å²) < 4.78 is 23.2. The van der Waals surface area contributed by atoms with Crippen LogP contribution in [0.25, 0.3) is 0 Å². The van der Waals surface area contributed by atoms with Gasteiger partial charge in [0.15, 0.2) is 0 Å². The van der Waals surface area contributed by atoms with Gasteiger partial charge in [-0.25, -0.2) is 4.79 Å². The maximum absolute atomic E-state index is 12.6. The molecule has 5 rings (SSSR count). The average molecular weight is 398 g/mol. The maximum atomic E-state index is 12.6. The Kier molecular flexibility index (Phi) is 5.56. The van der Waals surface area contributed by atoms with Crippen molar-refractivity contribution in [2.75, 3.05) is 19.8 Å². The molecule has 3 aliphatic heterocycles. The Morgan fingerprint density at radius 1 is 1.03 bits per heavy atom. The largest absolute Gasteiger partial charge is 0.445 e. The molecule has 3 heterocycles. The van der Waals surface area contributed by atoms with Gasteiger partial charge in [-0.2, -0.15) is 0 Å². The normalized spacial score (nSPS) is 27.8. The molecule has 2 aromatic carbocycles. The van der Waals surface area contributed by atoms with E-state index in [1.165, 1.54) is 0 Å². The van der Waals surface area contributed by atoms with Crippen molar-refractivity contribution >= 4 is 6.09 Å². The van der Waals surface area contributed by atoms with Crippen LogP contribution in [0, 0.1) is 5.41 Å². The fraction of sp³-hybridized carbons (Fsp3) is 0.409. The smallest absolute Gasteiger partial charge is 0.408 e. The molecule has 0 aromatic heterocycles. The highest BCUT2D eigenvalue weighted by Gasteiger charge is 2.57. The van der Waals surface area contributed by atoms with E-state index >= 15 is 0 Å². The number of carbonyl (C=O) groups excluding carboxylic acids is 1. The van der Waals surface area contributed by atoms with E-state index < -0.39 is 24.2 Å². The Labute approximate surface area is 170 Å². The third kappa shape index (κ3) is 4.28. The van der Waals surface area contributed by atoms with Crippen LogP contribution in [0.5, 0.6) is 0 Å². The highest BCUT2D eigenvalue weighted by atomic mass is 16.9. The lowest BCUT2D eigenvalue weighted by atomic mass is 9.89. The Balaban J connectivity index is 1.51. The van der Waals surface area contributed by atoms with Gasteiger partial charge < -0.3 is 30.0 Å². The first-order valence-electron chi connectivity index (χ1n) is 9.69. The molecule has 7 heteroatoms. The third-order valence-electron chi connectivity index (χ3n) is 5.28. The number of fused-ring (bicyclic) bond motifs is 3. The number of benzene rings is 2. The van der Waals surface area contributed by atoms with Crippen molar-refractivity contribution in [3.05, 3.63) is 71.8 Å². The average Bonchev–Trinajstić information content (AvgIpc) is 2.78. The highest BCUT2D eigenvalue weighted by molar-refractivity contribution is 5.68. The standard InChI is InChI=1S/C22H26N2O5/c1-21-13-27-22(28-14-21,29-15-21)19(18(23)17-10-6-3-7-11-17)24-20(25)26-12-16-8-4-2-5-9-16/h2-11,18-19H,12-15,23H2,1H3,(H,24,25)/t18-,19-,21?,22?/m0/s1. The van der Waals surface area contributed by atoms with Crippen molar-refractivity contribution in [3.63, 3.8) is 0 Å². The zero-order chi connectivity index (χ0) is 20.3. The van der Waals surface area contributed by atoms with Crippen LogP contribution in [0.15, 0.2) is 60.7 Å². The van der Waals surface area contributed by atoms with Gasteiger partial charge in [0.25, 0.3) is 0 Å². The molecule has 2 aromatic rings. The summed E-state index contributed by atoms with van der Waals surface area (Å²) in [6, 6.07) is 17.5. The SMILES string of the molecule is CC12COC([C@@H](NC(=O)OCc3ccccc3)[C@@H](N)c3ccccc3)(OC1)OC2. The van der Waals surface area contributed by atoms with E-state index in [1.54, 1.807) is 0 Å². The second kappa shape index (κ2) is 8.12. The number of alkyl carbamates (subject to hydrolysis) is 1. The first-order chi connectivity index (χ1) is 14.0. The first-order valence-corrected chi connectivity index (χ1v) is 9.69. The van der Waals surface area contributed by atoms with E-state index in [9.17, 15) is 4.79 Å². The van der Waals surface area contributed by atoms with Gasteiger partial charge in [0.1, 0.15) is 12.6 Å². The summed E-state index contributed by atoms with van der Waals surface area (Å²) in [6.07, 6.45) is -0.616. The quantitative estimate of drug-likeness (QED) is 0.777. The van der Waals surface area contributed by atoms with Crippen molar-refractivity contribution in [1.82, 2.24) is 5.32 Å². The Bertz CT molecular complexity index is 805. The molecule has 1 amide bonds. The molecule has 3 N–H and O–H groups in total. The van der Waals surface area contributed by atoms with E-state index in [-0.39, 0.29) is 12.0 Å². The molecule has 2 bridgehead atoms. The van der Waals surface area contributed by atoms with Crippen LogP contribution in [0.1, 0.15) is 24.1 Å². The van der Waals surface area contributed by atoms with Crippen molar-refractivity contribution in [2.24, 2.45) is 11.1 Å². The molecule has 0 spiro atoms. The number of nitrogens with one attached hydrogen (secondary N) is 1. The van der Waals surface area contributed by atoms with Gasteiger partial charge in [0.05, 0.1) is 25.9 Å². The lowest BCUT2D eigenvalue weighted by Crippen LogP contribution is -2.69. The number of nitrogens with two attached hydrogens (primary N) is 1. The van der Waals surface area contributed by atoms with E-state index in [1.807, 2.05) is 67.6 Å². The Morgan fingerprint density at radius 3 is 2.17 bits per heavy atom. The predicted octanol–water partition coefficient (Wildman–Crippen LogP) is 2.72. The molecular weight excluding hydrogens is 372 g/mol. The molecular formula is C22H26N2O5. The van der Waals surface area contributed by atoms with Gasteiger partial charge in [-0.05, 0) is 11.1 Å². The molecule has 3 saturated heterocycles. The summed E-state index contributed by atoms with van der Waals surface area (Å²) in [5.74, 6) is -1.45. The summed E-state index contributed by atoms with van der Waals surface area (Å²) >= 11 is 0. The molecule has 2 atom stereocenters. The summed E-state index contributed by atoms with van der Waals surface area (Å²) in [7, 11) is 0. The Morgan fingerprint density at radius 2 is 1.59 bits per heavy atom. The topological polar surface area (TPSA) is 92.0 Å². The molecule has 154 valence electrons. The molecule has 0 radical (unpaired) electrons. The number of ether oxygens (including phenoxy) is 4. The summed E-state index contributed by atoms with van der Waals surface area (Å²) in [5.41, 5.74) is 8.04. The molecule has 29 heavy (non-hydrogen) atoms. The number of carbonyl (C=O) groups is 1. The minimum atomic E-state index is -1.45. The van der Waals surface area contributed by atoms with Crippen LogP contribution in [-0.2, 0) is 25.6 Å². The number of rotatable bonds is 6. The monoisotopic (exact) mass is 398 g/mol. The number of hydrogen-bond acceptors (Lipinski definition) is 6.